The van der Waals surface area contributed by atoms with Crippen molar-refractivity contribution in [3.63, 3.8) is 0 Å². The lowest BCUT2D eigenvalue weighted by Crippen LogP contribution is -1.89. The molecule has 2 nitrogen and oxygen atoms in total. The normalized spacial score (nSPS) is 12.0. The second-order valence-corrected chi connectivity index (χ2v) is 3.65. The summed E-state index contributed by atoms with van der Waals surface area (Å²) >= 11 is 6.10. The summed E-state index contributed by atoms with van der Waals surface area (Å²) in [5.74, 6) is 0. The number of allylic oxidation sites excluding steroid dienone is 2. The van der Waals surface area contributed by atoms with Gasteiger partial charge in [0.2, 0.25) is 0 Å². The van der Waals surface area contributed by atoms with E-state index in [9.17, 15) is 0 Å². The number of aliphatic imine (C=N–C) groups is 1. The summed E-state index contributed by atoms with van der Waals surface area (Å²) in [6.07, 6.45) is 6.19. The number of nitrogens with zero attached hydrogens (tertiary/aromatic N) is 1. The van der Waals surface area contributed by atoms with Gasteiger partial charge in [0, 0.05) is 17.5 Å². The first-order chi connectivity index (χ1) is 7.69. The Morgan fingerprint density at radius 3 is 2.94 bits per heavy atom. The summed E-state index contributed by atoms with van der Waals surface area (Å²) in [6.45, 7) is 5.69. The summed E-state index contributed by atoms with van der Waals surface area (Å²) in [5, 5.41) is 0.635. The molecule has 0 aromatic heterocycles. The maximum absolute atomic E-state index is 6.10. The molecule has 0 aliphatic heterocycles. The van der Waals surface area contributed by atoms with E-state index in [1.165, 1.54) is 0 Å². The molecule has 0 unspecified atom stereocenters. The fraction of sp³-hybridized carbons (Fsp3) is 0.154. The van der Waals surface area contributed by atoms with Gasteiger partial charge in [0.15, 0.2) is 0 Å². The molecule has 1 aromatic carbocycles. The maximum atomic E-state index is 6.10. The highest BCUT2D eigenvalue weighted by molar-refractivity contribution is 6.32. The lowest BCUT2D eigenvalue weighted by atomic mass is 10.1. The van der Waals surface area contributed by atoms with Gasteiger partial charge < -0.3 is 5.73 Å². The number of anilines is 1. The van der Waals surface area contributed by atoms with E-state index < -0.39 is 0 Å². The quantitative estimate of drug-likeness (QED) is 0.479. The minimum Gasteiger partial charge on any atom is -0.399 e. The number of nitrogen functional groups attached to an aromatic ring is 1. The van der Waals surface area contributed by atoms with Gasteiger partial charge in [0.1, 0.15) is 0 Å². The molecule has 0 saturated carbocycles. The van der Waals surface area contributed by atoms with Crippen molar-refractivity contribution in [3.05, 3.63) is 47.5 Å². The minimum absolute atomic E-state index is 0.635. The fourth-order valence-corrected chi connectivity index (χ4v) is 1.46. The van der Waals surface area contributed by atoms with Gasteiger partial charge in [-0.1, -0.05) is 31.2 Å². The Morgan fingerprint density at radius 1 is 1.56 bits per heavy atom. The molecule has 3 heteroatoms. The largest absolute Gasteiger partial charge is 0.399 e. The van der Waals surface area contributed by atoms with Gasteiger partial charge in [0.05, 0.1) is 10.7 Å². The molecule has 84 valence electrons. The third-order valence-electron chi connectivity index (χ3n) is 1.96. The molecule has 0 heterocycles. The van der Waals surface area contributed by atoms with Crippen LogP contribution in [0.1, 0.15) is 18.9 Å². The molecule has 0 saturated heterocycles. The summed E-state index contributed by atoms with van der Waals surface area (Å²) in [7, 11) is 0. The molecule has 0 aliphatic rings. The molecular formula is C13H15ClN2. The SMILES string of the molecule is C=C/C=C(\N=CCC)c1cc(N)ccc1Cl. The highest BCUT2D eigenvalue weighted by Crippen LogP contribution is 2.26. The molecule has 16 heavy (non-hydrogen) atoms. The molecule has 0 radical (unpaired) electrons. The maximum Gasteiger partial charge on any atom is 0.0713 e. The first kappa shape index (κ1) is 12.5. The second kappa shape index (κ2) is 6.13. The fourth-order valence-electron chi connectivity index (χ4n) is 1.24. The number of hydrogen-bond donors (Lipinski definition) is 1. The van der Waals surface area contributed by atoms with E-state index >= 15 is 0 Å². The molecule has 0 fully saturated rings. The Hall–Kier alpha value is -1.54. The highest BCUT2D eigenvalue weighted by atomic mass is 35.5. The van der Waals surface area contributed by atoms with E-state index in [-0.39, 0.29) is 0 Å². The molecule has 0 spiro atoms. The van der Waals surface area contributed by atoms with Crippen molar-refractivity contribution in [2.24, 2.45) is 4.99 Å². The van der Waals surface area contributed by atoms with Crippen molar-refractivity contribution in [3.8, 4) is 0 Å². The van der Waals surface area contributed by atoms with E-state index in [2.05, 4.69) is 11.6 Å². The Bertz CT molecular complexity index is 434. The number of rotatable bonds is 4. The van der Waals surface area contributed by atoms with Gasteiger partial charge >= 0.3 is 0 Å². The van der Waals surface area contributed by atoms with Gasteiger partial charge in [0.25, 0.3) is 0 Å². The van der Waals surface area contributed by atoms with Crippen LogP contribution in [-0.4, -0.2) is 6.21 Å². The third-order valence-corrected chi connectivity index (χ3v) is 2.28. The van der Waals surface area contributed by atoms with Crippen molar-refractivity contribution in [1.82, 2.24) is 0 Å². The van der Waals surface area contributed by atoms with Crippen LogP contribution < -0.4 is 5.73 Å². The van der Waals surface area contributed by atoms with Crippen LogP contribution in [0.5, 0.6) is 0 Å². The van der Waals surface area contributed by atoms with Crippen molar-refractivity contribution < 1.29 is 0 Å². The third kappa shape index (κ3) is 3.24. The molecule has 0 amide bonds. The van der Waals surface area contributed by atoms with E-state index in [1.807, 2.05) is 25.3 Å². The van der Waals surface area contributed by atoms with E-state index in [0.717, 1.165) is 17.7 Å². The smallest absolute Gasteiger partial charge is 0.0713 e. The number of hydrogen-bond acceptors (Lipinski definition) is 2. The van der Waals surface area contributed by atoms with E-state index in [4.69, 9.17) is 17.3 Å². The van der Waals surface area contributed by atoms with Gasteiger partial charge in [-0.15, -0.1) is 0 Å². The monoisotopic (exact) mass is 234 g/mol. The average molecular weight is 235 g/mol. The molecule has 1 aromatic rings. The number of benzene rings is 1. The van der Waals surface area contributed by atoms with Crippen molar-refractivity contribution in [2.45, 2.75) is 13.3 Å². The summed E-state index contributed by atoms with van der Waals surface area (Å²) in [6, 6.07) is 5.34. The van der Waals surface area contributed by atoms with Crippen LogP contribution in [0.25, 0.3) is 5.70 Å². The van der Waals surface area contributed by atoms with Gasteiger partial charge in [-0.25, -0.2) is 0 Å². The first-order valence-corrected chi connectivity index (χ1v) is 5.47. The van der Waals surface area contributed by atoms with Crippen LogP contribution in [0.15, 0.2) is 41.9 Å². The molecular weight excluding hydrogens is 220 g/mol. The van der Waals surface area contributed by atoms with Crippen LogP contribution >= 0.6 is 11.6 Å². The molecule has 0 atom stereocenters. The lowest BCUT2D eigenvalue weighted by Gasteiger charge is -2.05. The second-order valence-electron chi connectivity index (χ2n) is 3.25. The Morgan fingerprint density at radius 2 is 2.31 bits per heavy atom. The Labute approximate surface area is 101 Å². The predicted molar refractivity (Wildman–Crippen MR) is 72.8 cm³/mol. The first-order valence-electron chi connectivity index (χ1n) is 5.09. The average Bonchev–Trinajstić information content (AvgIpc) is 2.28. The van der Waals surface area contributed by atoms with Gasteiger partial charge in [-0.05, 0) is 30.7 Å². The van der Waals surface area contributed by atoms with Crippen molar-refractivity contribution in [1.29, 1.82) is 0 Å². The van der Waals surface area contributed by atoms with Gasteiger partial charge in [-0.2, -0.15) is 0 Å². The Kier molecular flexibility index (Phi) is 4.80. The van der Waals surface area contributed by atoms with Crippen LogP contribution in [0.4, 0.5) is 5.69 Å². The van der Waals surface area contributed by atoms with Crippen LogP contribution in [0.3, 0.4) is 0 Å². The zero-order chi connectivity index (χ0) is 12.0. The van der Waals surface area contributed by atoms with Gasteiger partial charge in [-0.3, -0.25) is 4.99 Å². The number of halogens is 1. The topological polar surface area (TPSA) is 38.4 Å². The zero-order valence-electron chi connectivity index (χ0n) is 9.28. The van der Waals surface area contributed by atoms with Crippen molar-refractivity contribution in [2.75, 3.05) is 5.73 Å². The van der Waals surface area contributed by atoms with E-state index in [1.54, 1.807) is 18.2 Å². The van der Waals surface area contributed by atoms with Crippen LogP contribution in [-0.2, 0) is 0 Å². The lowest BCUT2D eigenvalue weighted by molar-refractivity contribution is 1.31. The summed E-state index contributed by atoms with van der Waals surface area (Å²) in [4.78, 5) is 4.33. The number of nitrogens with two attached hydrogens (primary N) is 1. The summed E-state index contributed by atoms with van der Waals surface area (Å²) < 4.78 is 0. The van der Waals surface area contributed by atoms with Crippen LogP contribution in [0, 0.1) is 0 Å². The van der Waals surface area contributed by atoms with Crippen LogP contribution in [0.2, 0.25) is 5.02 Å². The highest BCUT2D eigenvalue weighted by Gasteiger charge is 2.04. The predicted octanol–water partition coefficient (Wildman–Crippen LogP) is 3.93. The van der Waals surface area contributed by atoms with E-state index in [0.29, 0.717) is 10.7 Å². The minimum atomic E-state index is 0.635. The molecule has 0 bridgehead atoms. The molecule has 2 N–H and O–H groups in total. The van der Waals surface area contributed by atoms with Crippen molar-refractivity contribution >= 4 is 29.2 Å². The standard InChI is InChI=1S/C13H15ClN2/c1-3-5-13(16-8-4-2)11-9-10(15)6-7-12(11)14/h3,5-9H,1,4,15H2,2H3/b13-5-,16-8?. The Balaban J connectivity index is 3.20. The summed E-state index contributed by atoms with van der Waals surface area (Å²) in [5.41, 5.74) is 7.99. The zero-order valence-corrected chi connectivity index (χ0v) is 10.0. The molecule has 0 aliphatic carbocycles. The molecule has 1 rings (SSSR count).